The summed E-state index contributed by atoms with van der Waals surface area (Å²) in [7, 11) is 0. The smallest absolute Gasteiger partial charge is 0.161 e. The summed E-state index contributed by atoms with van der Waals surface area (Å²) in [6.45, 7) is 0. The van der Waals surface area contributed by atoms with Crippen LogP contribution in [0.4, 0.5) is 0 Å². The van der Waals surface area contributed by atoms with Gasteiger partial charge < -0.3 is 0 Å². The van der Waals surface area contributed by atoms with E-state index < -0.39 is 0 Å². The van der Waals surface area contributed by atoms with Crippen LogP contribution in [0.3, 0.4) is 0 Å². The molecule has 2 nitrogen and oxygen atoms in total. The Morgan fingerprint density at radius 3 is 2.16 bits per heavy atom. The first kappa shape index (κ1) is 20.6. The van der Waals surface area contributed by atoms with Gasteiger partial charge in [0.1, 0.15) is 0 Å². The second-order valence-electron chi connectivity index (χ2n) is 9.42. The lowest BCUT2D eigenvalue weighted by atomic mass is 9.99. The van der Waals surface area contributed by atoms with Gasteiger partial charge in [0.05, 0.1) is 11.2 Å². The highest BCUT2D eigenvalue weighted by atomic mass is 32.1. The van der Waals surface area contributed by atoms with Crippen molar-refractivity contribution in [3.63, 3.8) is 0 Å². The van der Waals surface area contributed by atoms with E-state index >= 15 is 0 Å². The minimum Gasteiger partial charge on any atom is -0.227 e. The Bertz CT molecular complexity index is 2140. The van der Waals surface area contributed by atoms with Crippen LogP contribution in [0.5, 0.6) is 0 Å². The third-order valence-corrected chi connectivity index (χ3v) is 8.39. The Morgan fingerprint density at radius 1 is 0.459 bits per heavy atom. The molecule has 0 aliphatic carbocycles. The maximum absolute atomic E-state index is 5.23. The topological polar surface area (TPSA) is 25.8 Å². The summed E-state index contributed by atoms with van der Waals surface area (Å²) in [5.41, 5.74) is 4.10. The second-order valence-corrected chi connectivity index (χ2v) is 10.5. The molecule has 0 aliphatic rings. The summed E-state index contributed by atoms with van der Waals surface area (Å²) in [6.07, 6.45) is 0. The van der Waals surface area contributed by atoms with Crippen LogP contribution < -0.4 is 0 Å². The molecule has 0 unspecified atom stereocenters. The third kappa shape index (κ3) is 3.18. The number of benzene rings is 6. The number of hydrogen-bond acceptors (Lipinski definition) is 3. The average molecular weight is 489 g/mol. The predicted molar refractivity (Wildman–Crippen MR) is 158 cm³/mol. The lowest BCUT2D eigenvalue weighted by Crippen LogP contribution is -1.96. The molecule has 6 aromatic carbocycles. The molecule has 2 heterocycles. The van der Waals surface area contributed by atoms with Crippen LogP contribution in [0.2, 0.25) is 0 Å². The van der Waals surface area contributed by atoms with Crippen LogP contribution in [-0.2, 0) is 0 Å². The van der Waals surface area contributed by atoms with Crippen LogP contribution >= 0.6 is 11.3 Å². The van der Waals surface area contributed by atoms with Gasteiger partial charge in [0.25, 0.3) is 0 Å². The van der Waals surface area contributed by atoms with Crippen LogP contribution in [0.15, 0.2) is 121 Å². The first-order chi connectivity index (χ1) is 18.3. The molecule has 3 heteroatoms. The molecule has 37 heavy (non-hydrogen) atoms. The van der Waals surface area contributed by atoms with E-state index in [0.29, 0.717) is 0 Å². The number of fused-ring (bicyclic) bond motifs is 7. The minimum absolute atomic E-state index is 0.757. The molecule has 0 amide bonds. The molecule has 0 spiro atoms. The molecule has 0 N–H and O–H groups in total. The summed E-state index contributed by atoms with van der Waals surface area (Å²) in [5, 5.41) is 8.37. The average Bonchev–Trinajstić information content (AvgIpc) is 3.33. The molecule has 8 rings (SSSR count). The molecule has 0 bridgehead atoms. The van der Waals surface area contributed by atoms with E-state index in [1.54, 1.807) is 0 Å². The number of aromatic nitrogens is 2. The largest absolute Gasteiger partial charge is 0.227 e. The summed E-state index contributed by atoms with van der Waals surface area (Å²) in [5.74, 6) is 0.757. The highest BCUT2D eigenvalue weighted by molar-refractivity contribution is 7.25. The van der Waals surface area contributed by atoms with Gasteiger partial charge in [-0.1, -0.05) is 97.1 Å². The molecular weight excluding hydrogens is 468 g/mol. The van der Waals surface area contributed by atoms with Crippen molar-refractivity contribution >= 4 is 64.0 Å². The number of hydrogen-bond donors (Lipinski definition) is 0. The predicted octanol–water partition coefficient (Wildman–Crippen LogP) is 9.64. The monoisotopic (exact) mass is 488 g/mol. The molecule has 0 saturated carbocycles. The van der Waals surface area contributed by atoms with Gasteiger partial charge in [0.2, 0.25) is 0 Å². The van der Waals surface area contributed by atoms with Gasteiger partial charge in [0, 0.05) is 42.1 Å². The van der Waals surface area contributed by atoms with Crippen molar-refractivity contribution in [3.8, 4) is 22.6 Å². The van der Waals surface area contributed by atoms with Crippen molar-refractivity contribution in [2.24, 2.45) is 0 Å². The molecule has 0 radical (unpaired) electrons. The molecule has 0 aliphatic heterocycles. The van der Waals surface area contributed by atoms with E-state index in [1.165, 1.54) is 36.3 Å². The van der Waals surface area contributed by atoms with Crippen molar-refractivity contribution in [3.05, 3.63) is 121 Å². The third-order valence-electron chi connectivity index (χ3n) is 7.26. The molecule has 0 atom stereocenters. The van der Waals surface area contributed by atoms with E-state index in [9.17, 15) is 0 Å². The number of nitrogens with zero attached hydrogens (tertiary/aromatic N) is 2. The Hall–Kier alpha value is -4.60. The Balaban J connectivity index is 1.49. The zero-order valence-corrected chi connectivity index (χ0v) is 20.7. The van der Waals surface area contributed by atoms with Crippen LogP contribution in [-0.4, -0.2) is 9.97 Å². The molecule has 2 aromatic heterocycles. The van der Waals surface area contributed by atoms with Crippen molar-refractivity contribution in [2.45, 2.75) is 0 Å². The van der Waals surface area contributed by atoms with Crippen LogP contribution in [0, 0.1) is 0 Å². The summed E-state index contributed by atoms with van der Waals surface area (Å²) < 4.78 is 2.62. The van der Waals surface area contributed by atoms with Gasteiger partial charge in [-0.2, -0.15) is 0 Å². The lowest BCUT2D eigenvalue weighted by molar-refractivity contribution is 1.24. The SMILES string of the molecule is c1ccc(-c2nc(-c3cccc4cc5sc6ccccc6c5cc34)nc3c2ccc2ccccc23)cc1. The van der Waals surface area contributed by atoms with Gasteiger partial charge in [-0.15, -0.1) is 11.3 Å². The number of thiophene rings is 1. The Kier molecular flexibility index (Phi) is 4.42. The van der Waals surface area contributed by atoms with Gasteiger partial charge in [-0.3, -0.25) is 0 Å². The second kappa shape index (κ2) is 7.95. The fourth-order valence-corrected chi connectivity index (χ4v) is 6.63. The van der Waals surface area contributed by atoms with Crippen molar-refractivity contribution < 1.29 is 0 Å². The first-order valence-corrected chi connectivity index (χ1v) is 13.2. The van der Waals surface area contributed by atoms with Gasteiger partial charge in [-0.05, 0) is 40.4 Å². The number of rotatable bonds is 2. The van der Waals surface area contributed by atoms with Gasteiger partial charge in [0.15, 0.2) is 5.82 Å². The lowest BCUT2D eigenvalue weighted by Gasteiger charge is -2.13. The van der Waals surface area contributed by atoms with Crippen LogP contribution in [0.1, 0.15) is 0 Å². The summed E-state index contributed by atoms with van der Waals surface area (Å²) in [6, 6.07) is 43.0. The quantitative estimate of drug-likeness (QED) is 0.226. The van der Waals surface area contributed by atoms with Crippen molar-refractivity contribution in [1.29, 1.82) is 0 Å². The highest BCUT2D eigenvalue weighted by Gasteiger charge is 2.16. The van der Waals surface area contributed by atoms with Gasteiger partial charge in [-0.25, -0.2) is 9.97 Å². The maximum atomic E-state index is 5.23. The van der Waals surface area contributed by atoms with E-state index in [0.717, 1.165) is 38.9 Å². The molecule has 8 aromatic rings. The zero-order valence-electron chi connectivity index (χ0n) is 19.8. The standard InChI is InChI=1S/C34H20N2S/c1-2-10-22(11-3-1)32-27-18-17-21-9-4-5-13-24(21)33(27)36-34(35-32)26-15-8-12-23-19-31-29(20-28(23)26)25-14-6-7-16-30(25)37-31/h1-20H. The Morgan fingerprint density at radius 2 is 1.24 bits per heavy atom. The first-order valence-electron chi connectivity index (χ1n) is 12.4. The van der Waals surface area contributed by atoms with Crippen molar-refractivity contribution in [1.82, 2.24) is 9.97 Å². The van der Waals surface area contributed by atoms with E-state index in [-0.39, 0.29) is 0 Å². The van der Waals surface area contributed by atoms with E-state index in [2.05, 4.69) is 115 Å². The fourth-order valence-electron chi connectivity index (χ4n) is 5.49. The molecule has 0 saturated heterocycles. The van der Waals surface area contributed by atoms with E-state index in [4.69, 9.17) is 9.97 Å². The minimum atomic E-state index is 0.757. The normalized spacial score (nSPS) is 11.8. The highest BCUT2D eigenvalue weighted by Crippen LogP contribution is 2.40. The Labute approximate surface area is 217 Å². The van der Waals surface area contributed by atoms with Gasteiger partial charge >= 0.3 is 0 Å². The fraction of sp³-hybridized carbons (Fsp3) is 0. The zero-order chi connectivity index (χ0) is 24.3. The molecule has 172 valence electrons. The van der Waals surface area contributed by atoms with E-state index in [1.807, 2.05) is 17.4 Å². The van der Waals surface area contributed by atoms with Crippen LogP contribution in [0.25, 0.3) is 75.3 Å². The summed E-state index contributed by atoms with van der Waals surface area (Å²) in [4.78, 5) is 10.5. The molecule has 0 fully saturated rings. The summed E-state index contributed by atoms with van der Waals surface area (Å²) >= 11 is 1.85. The molecular formula is C34H20N2S. The van der Waals surface area contributed by atoms with Crippen molar-refractivity contribution in [2.75, 3.05) is 0 Å². The maximum Gasteiger partial charge on any atom is 0.161 e.